The number of para-hydroxylation sites is 1. The number of halogens is 1. The number of esters is 1. The van der Waals surface area contributed by atoms with Gasteiger partial charge in [0.2, 0.25) is 5.78 Å². The molecule has 4 rings (SSSR count). The number of rotatable bonds is 5. The highest BCUT2D eigenvalue weighted by Crippen LogP contribution is 2.36. The smallest absolute Gasteiger partial charge is 0.343 e. The summed E-state index contributed by atoms with van der Waals surface area (Å²) in [6.45, 7) is 2.38. The maximum Gasteiger partial charge on any atom is 0.343 e. The summed E-state index contributed by atoms with van der Waals surface area (Å²) in [5.74, 6) is -0.0426. The number of benzene rings is 3. The van der Waals surface area contributed by atoms with E-state index in [4.69, 9.17) is 14.2 Å². The Labute approximate surface area is 172 Å². The largest absolute Gasteiger partial charge is 0.493 e. The minimum atomic E-state index is -0.638. The number of Topliss-reactive ketones (excluding diaryl/α,β-unsaturated/α-hetero) is 1. The van der Waals surface area contributed by atoms with E-state index in [1.807, 2.05) is 31.2 Å². The molecule has 3 aromatic rings. The van der Waals surface area contributed by atoms with Crippen LogP contribution >= 0.6 is 0 Å². The van der Waals surface area contributed by atoms with Gasteiger partial charge in [-0.3, -0.25) is 4.79 Å². The van der Waals surface area contributed by atoms with Gasteiger partial charge >= 0.3 is 5.97 Å². The van der Waals surface area contributed by atoms with Crippen LogP contribution in [0.5, 0.6) is 17.2 Å². The third kappa shape index (κ3) is 3.93. The molecule has 1 aliphatic rings. The number of carbonyl (C=O) groups is 2. The van der Waals surface area contributed by atoms with Gasteiger partial charge in [0, 0.05) is 11.6 Å². The highest BCUT2D eigenvalue weighted by molar-refractivity contribution is 6.14. The Morgan fingerprint density at radius 3 is 2.60 bits per heavy atom. The van der Waals surface area contributed by atoms with Crippen molar-refractivity contribution >= 4 is 17.8 Å². The predicted octanol–water partition coefficient (Wildman–Crippen LogP) is 5.06. The van der Waals surface area contributed by atoms with Crippen LogP contribution in [0.15, 0.2) is 72.5 Å². The molecule has 3 aromatic carbocycles. The van der Waals surface area contributed by atoms with Crippen LogP contribution < -0.4 is 14.2 Å². The second-order valence-corrected chi connectivity index (χ2v) is 6.46. The molecule has 0 unspecified atom stereocenters. The first-order valence-corrected chi connectivity index (χ1v) is 9.33. The molecule has 0 bridgehead atoms. The van der Waals surface area contributed by atoms with Gasteiger partial charge in [0.15, 0.2) is 5.76 Å². The Hall–Kier alpha value is -3.93. The Balaban J connectivity index is 1.55. The number of ether oxygens (including phenoxy) is 3. The van der Waals surface area contributed by atoms with Crippen molar-refractivity contribution in [2.45, 2.75) is 6.92 Å². The maximum atomic E-state index is 13.0. The molecule has 0 aliphatic carbocycles. The van der Waals surface area contributed by atoms with Crippen LogP contribution in [0.4, 0.5) is 4.39 Å². The fraction of sp³-hybridized carbons (Fsp3) is 0.0833. The van der Waals surface area contributed by atoms with Gasteiger partial charge in [-0.1, -0.05) is 18.2 Å². The van der Waals surface area contributed by atoms with Crippen molar-refractivity contribution in [3.63, 3.8) is 0 Å². The van der Waals surface area contributed by atoms with Gasteiger partial charge < -0.3 is 14.2 Å². The number of allylic oxidation sites excluding steroid dienone is 1. The van der Waals surface area contributed by atoms with Crippen LogP contribution in [0.2, 0.25) is 0 Å². The third-order valence-electron chi connectivity index (χ3n) is 4.44. The lowest BCUT2D eigenvalue weighted by atomic mass is 10.1. The minimum Gasteiger partial charge on any atom is -0.493 e. The summed E-state index contributed by atoms with van der Waals surface area (Å²) < 4.78 is 29.6. The van der Waals surface area contributed by atoms with Gasteiger partial charge in [-0.05, 0) is 55.5 Å². The van der Waals surface area contributed by atoms with Crippen molar-refractivity contribution in [2.24, 2.45) is 0 Å². The van der Waals surface area contributed by atoms with Crippen LogP contribution in [0, 0.1) is 5.82 Å². The molecule has 0 radical (unpaired) electrons. The molecule has 0 amide bonds. The molecule has 30 heavy (non-hydrogen) atoms. The van der Waals surface area contributed by atoms with Gasteiger partial charge in [-0.15, -0.1) is 0 Å². The van der Waals surface area contributed by atoms with Crippen LogP contribution in [0.3, 0.4) is 0 Å². The summed E-state index contributed by atoms with van der Waals surface area (Å²) in [6.07, 6.45) is 1.62. The summed E-state index contributed by atoms with van der Waals surface area (Å²) in [6, 6.07) is 16.9. The Kier molecular flexibility index (Phi) is 5.30. The first kappa shape index (κ1) is 19.4. The average Bonchev–Trinajstić information content (AvgIpc) is 3.05. The number of hydrogen-bond donors (Lipinski definition) is 0. The van der Waals surface area contributed by atoms with Crippen LogP contribution in [0.25, 0.3) is 6.08 Å². The highest BCUT2D eigenvalue weighted by Gasteiger charge is 2.28. The van der Waals surface area contributed by atoms with Crippen molar-refractivity contribution < 1.29 is 28.2 Å². The fourth-order valence-electron chi connectivity index (χ4n) is 3.01. The fourth-order valence-corrected chi connectivity index (χ4v) is 3.01. The second-order valence-electron chi connectivity index (χ2n) is 6.46. The molecule has 5 nitrogen and oxygen atoms in total. The minimum absolute atomic E-state index is 0.152. The molecule has 6 heteroatoms. The van der Waals surface area contributed by atoms with E-state index >= 15 is 0 Å². The van der Waals surface area contributed by atoms with Crippen molar-refractivity contribution in [2.75, 3.05) is 6.61 Å². The van der Waals surface area contributed by atoms with Gasteiger partial charge in [-0.2, -0.15) is 0 Å². The monoisotopic (exact) mass is 404 g/mol. The van der Waals surface area contributed by atoms with E-state index in [-0.39, 0.29) is 22.9 Å². The molecule has 0 atom stereocenters. The predicted molar refractivity (Wildman–Crippen MR) is 108 cm³/mol. The van der Waals surface area contributed by atoms with Crippen molar-refractivity contribution in [1.82, 2.24) is 0 Å². The molecule has 0 spiro atoms. The molecule has 1 heterocycles. The van der Waals surface area contributed by atoms with Crippen LogP contribution in [-0.2, 0) is 0 Å². The Bertz CT molecular complexity index is 1150. The van der Waals surface area contributed by atoms with E-state index in [9.17, 15) is 14.0 Å². The first-order valence-electron chi connectivity index (χ1n) is 9.33. The maximum absolute atomic E-state index is 13.0. The zero-order valence-corrected chi connectivity index (χ0v) is 16.1. The molecule has 0 saturated heterocycles. The van der Waals surface area contributed by atoms with E-state index in [1.165, 1.54) is 36.4 Å². The normalized spacial score (nSPS) is 13.7. The van der Waals surface area contributed by atoms with Gasteiger partial charge in [0.1, 0.15) is 23.1 Å². The quantitative estimate of drug-likeness (QED) is 0.338. The number of carbonyl (C=O) groups excluding carboxylic acids is 2. The van der Waals surface area contributed by atoms with Crippen LogP contribution in [-0.4, -0.2) is 18.4 Å². The molecule has 0 fully saturated rings. The third-order valence-corrected chi connectivity index (χ3v) is 4.44. The van der Waals surface area contributed by atoms with Crippen molar-refractivity contribution in [3.8, 4) is 17.2 Å². The summed E-state index contributed by atoms with van der Waals surface area (Å²) in [5, 5.41) is 0. The van der Waals surface area contributed by atoms with E-state index in [0.29, 0.717) is 23.7 Å². The SMILES string of the molecule is CCOc1ccccc1/C=C1\Oc2cc(OC(=O)c3ccc(F)cc3)ccc2C1=O. The summed E-state index contributed by atoms with van der Waals surface area (Å²) in [7, 11) is 0. The number of hydrogen-bond acceptors (Lipinski definition) is 5. The molecule has 0 aromatic heterocycles. The Morgan fingerprint density at radius 2 is 1.83 bits per heavy atom. The summed E-state index contributed by atoms with van der Waals surface area (Å²) >= 11 is 0. The lowest BCUT2D eigenvalue weighted by molar-refractivity contribution is 0.0734. The van der Waals surface area contributed by atoms with Crippen molar-refractivity contribution in [3.05, 3.63) is 95.0 Å². The molecular formula is C24H17FO5. The zero-order valence-electron chi connectivity index (χ0n) is 16.1. The van der Waals surface area contributed by atoms with Crippen LogP contribution in [0.1, 0.15) is 33.2 Å². The van der Waals surface area contributed by atoms with E-state index < -0.39 is 11.8 Å². The number of fused-ring (bicyclic) bond motifs is 1. The molecule has 150 valence electrons. The molecular weight excluding hydrogens is 387 g/mol. The molecule has 0 saturated carbocycles. The molecule has 0 N–H and O–H groups in total. The van der Waals surface area contributed by atoms with Crippen molar-refractivity contribution in [1.29, 1.82) is 0 Å². The number of ketones is 1. The zero-order chi connectivity index (χ0) is 21.1. The van der Waals surface area contributed by atoms with E-state index in [2.05, 4.69) is 0 Å². The lowest BCUT2D eigenvalue weighted by Gasteiger charge is -2.07. The topological polar surface area (TPSA) is 61.8 Å². The van der Waals surface area contributed by atoms with E-state index in [0.717, 1.165) is 5.56 Å². The average molecular weight is 404 g/mol. The lowest BCUT2D eigenvalue weighted by Crippen LogP contribution is -2.08. The summed E-state index contributed by atoms with van der Waals surface area (Å²) in [4.78, 5) is 24.9. The summed E-state index contributed by atoms with van der Waals surface area (Å²) in [5.41, 5.74) is 1.30. The second kappa shape index (κ2) is 8.21. The van der Waals surface area contributed by atoms with Gasteiger partial charge in [-0.25, -0.2) is 9.18 Å². The first-order chi connectivity index (χ1) is 14.5. The van der Waals surface area contributed by atoms with Gasteiger partial charge in [0.25, 0.3) is 0 Å². The Morgan fingerprint density at radius 1 is 1.07 bits per heavy atom. The van der Waals surface area contributed by atoms with Gasteiger partial charge in [0.05, 0.1) is 17.7 Å². The molecule has 1 aliphatic heterocycles. The standard InChI is InChI=1S/C24H17FO5/c1-2-28-20-6-4-3-5-16(20)13-22-23(26)19-12-11-18(14-21(19)30-22)29-24(27)15-7-9-17(25)10-8-15/h3-14H,2H2,1H3/b22-13-. The van der Waals surface area contributed by atoms with E-state index in [1.54, 1.807) is 12.1 Å². The highest BCUT2D eigenvalue weighted by atomic mass is 19.1.